The molecule has 0 unspecified atom stereocenters. The number of fused-ring (bicyclic) bond motifs is 3. The summed E-state index contributed by atoms with van der Waals surface area (Å²) in [6.07, 6.45) is 1.99. The van der Waals surface area contributed by atoms with Crippen molar-refractivity contribution in [2.24, 2.45) is 0 Å². The largest absolute Gasteiger partial charge is 0.444 e. The summed E-state index contributed by atoms with van der Waals surface area (Å²) in [6, 6.07) is -0.160. The first-order chi connectivity index (χ1) is 14.1. The Kier molecular flexibility index (Phi) is 5.61. The number of aryl methyl sites for hydroxylation is 2. The van der Waals surface area contributed by atoms with E-state index in [0.717, 1.165) is 35.0 Å². The second-order valence-corrected chi connectivity index (χ2v) is 10.4. The van der Waals surface area contributed by atoms with Crippen molar-refractivity contribution in [1.82, 2.24) is 19.8 Å². The third-order valence-corrected chi connectivity index (χ3v) is 6.83. The minimum atomic E-state index is -0.969. The van der Waals surface area contributed by atoms with Gasteiger partial charge in [-0.3, -0.25) is 9.69 Å². The lowest BCUT2D eigenvalue weighted by Crippen LogP contribution is -2.43. The molecule has 0 radical (unpaired) electrons. The molecule has 1 fully saturated rings. The average Bonchev–Trinajstić information content (AvgIpc) is 3.28. The van der Waals surface area contributed by atoms with Crippen LogP contribution < -0.4 is 5.56 Å². The lowest BCUT2D eigenvalue weighted by atomic mass is 10.2. The summed E-state index contributed by atoms with van der Waals surface area (Å²) in [7, 11) is 1.66. The van der Waals surface area contributed by atoms with Crippen LogP contribution in [0.15, 0.2) is 4.79 Å². The van der Waals surface area contributed by atoms with Crippen LogP contribution in [-0.4, -0.2) is 63.8 Å². The molecule has 0 bridgehead atoms. The molecule has 7 nitrogen and oxygen atoms in total. The van der Waals surface area contributed by atoms with E-state index in [1.807, 2.05) is 25.7 Å². The SMILES string of the molecule is CN(C[C@@H]1C[C@H](F)CN1Cc1nc2sc3c(c2c(=O)[nH]1)CCC3)C(=O)OC(C)(C)C. The van der Waals surface area contributed by atoms with E-state index >= 15 is 0 Å². The number of thiophene rings is 1. The number of nitrogens with one attached hydrogen (secondary N) is 1. The summed E-state index contributed by atoms with van der Waals surface area (Å²) in [5, 5.41) is 0.724. The second kappa shape index (κ2) is 7.92. The molecule has 9 heteroatoms. The van der Waals surface area contributed by atoms with E-state index in [0.29, 0.717) is 25.3 Å². The van der Waals surface area contributed by atoms with Gasteiger partial charge < -0.3 is 14.6 Å². The molecule has 2 aliphatic rings. The smallest absolute Gasteiger partial charge is 0.410 e. The number of rotatable bonds is 4. The first-order valence-electron chi connectivity index (χ1n) is 10.5. The number of halogens is 1. The number of hydrogen-bond acceptors (Lipinski definition) is 6. The zero-order chi connectivity index (χ0) is 21.6. The highest BCUT2D eigenvalue weighted by molar-refractivity contribution is 7.18. The molecule has 4 rings (SSSR count). The Hall–Kier alpha value is -2.00. The third-order valence-electron chi connectivity index (χ3n) is 5.64. The lowest BCUT2D eigenvalue weighted by Gasteiger charge is -2.29. The molecule has 2 atom stereocenters. The van der Waals surface area contributed by atoms with E-state index in [-0.39, 0.29) is 18.1 Å². The van der Waals surface area contributed by atoms with Crippen molar-refractivity contribution in [1.29, 1.82) is 0 Å². The van der Waals surface area contributed by atoms with Gasteiger partial charge in [-0.2, -0.15) is 0 Å². The zero-order valence-corrected chi connectivity index (χ0v) is 18.8. The Balaban J connectivity index is 1.49. The van der Waals surface area contributed by atoms with Crippen molar-refractivity contribution in [2.75, 3.05) is 20.1 Å². The van der Waals surface area contributed by atoms with Crippen LogP contribution in [0.3, 0.4) is 0 Å². The van der Waals surface area contributed by atoms with Gasteiger partial charge in [0.2, 0.25) is 0 Å². The Labute approximate surface area is 179 Å². The maximum Gasteiger partial charge on any atom is 0.410 e. The van der Waals surface area contributed by atoms with Crippen LogP contribution >= 0.6 is 11.3 Å². The van der Waals surface area contributed by atoms with Crippen molar-refractivity contribution >= 4 is 27.6 Å². The molecule has 1 aliphatic carbocycles. The molecule has 1 amide bonds. The predicted molar refractivity (Wildman–Crippen MR) is 115 cm³/mol. The summed E-state index contributed by atoms with van der Waals surface area (Å²) in [5.41, 5.74) is 0.466. The maximum absolute atomic E-state index is 14.2. The second-order valence-electron chi connectivity index (χ2n) is 9.33. The summed E-state index contributed by atoms with van der Waals surface area (Å²) in [5.74, 6) is 0.548. The van der Waals surface area contributed by atoms with E-state index in [2.05, 4.69) is 9.97 Å². The van der Waals surface area contributed by atoms with Crippen molar-refractivity contribution in [3.05, 3.63) is 26.6 Å². The average molecular weight is 437 g/mol. The van der Waals surface area contributed by atoms with E-state index < -0.39 is 17.9 Å². The number of ether oxygens (including phenoxy) is 1. The number of carbonyl (C=O) groups is 1. The number of aromatic nitrogens is 2. The van der Waals surface area contributed by atoms with E-state index in [4.69, 9.17) is 4.74 Å². The fraction of sp³-hybridized carbons (Fsp3) is 0.667. The van der Waals surface area contributed by atoms with Crippen LogP contribution in [0.1, 0.15) is 49.9 Å². The van der Waals surface area contributed by atoms with Crippen molar-refractivity contribution in [2.45, 2.75) is 70.8 Å². The topological polar surface area (TPSA) is 78.5 Å². The molecule has 3 heterocycles. The monoisotopic (exact) mass is 436 g/mol. The van der Waals surface area contributed by atoms with Crippen LogP contribution in [-0.2, 0) is 24.1 Å². The molecule has 164 valence electrons. The molecule has 0 saturated carbocycles. The van der Waals surface area contributed by atoms with E-state index in [1.165, 1.54) is 9.78 Å². The highest BCUT2D eigenvalue weighted by Crippen LogP contribution is 2.34. The summed E-state index contributed by atoms with van der Waals surface area (Å²) in [6.45, 7) is 6.41. The minimum Gasteiger partial charge on any atom is -0.444 e. The van der Waals surface area contributed by atoms with Crippen molar-refractivity contribution in [3.8, 4) is 0 Å². The van der Waals surface area contributed by atoms with Crippen LogP contribution in [0.5, 0.6) is 0 Å². The fourth-order valence-electron chi connectivity index (χ4n) is 4.35. The summed E-state index contributed by atoms with van der Waals surface area (Å²) >= 11 is 1.60. The van der Waals surface area contributed by atoms with Crippen LogP contribution in [0.25, 0.3) is 10.2 Å². The van der Waals surface area contributed by atoms with E-state index in [9.17, 15) is 14.0 Å². The normalized spacial score (nSPS) is 21.9. The molecule has 2 aromatic rings. The molecular weight excluding hydrogens is 407 g/mol. The van der Waals surface area contributed by atoms with Gasteiger partial charge in [-0.05, 0) is 52.0 Å². The number of likely N-dealkylation sites (N-methyl/N-ethyl adjacent to an activating group) is 1. The Morgan fingerprint density at radius 2 is 2.17 bits per heavy atom. The number of carbonyl (C=O) groups excluding carboxylic acids is 1. The Morgan fingerprint density at radius 1 is 1.40 bits per heavy atom. The number of aromatic amines is 1. The van der Waals surface area contributed by atoms with Gasteiger partial charge >= 0.3 is 6.09 Å². The number of likely N-dealkylation sites (tertiary alicyclic amines) is 1. The number of amides is 1. The lowest BCUT2D eigenvalue weighted by molar-refractivity contribution is 0.0256. The molecule has 1 saturated heterocycles. The fourth-order valence-corrected chi connectivity index (χ4v) is 5.63. The van der Waals surface area contributed by atoms with Gasteiger partial charge in [0.1, 0.15) is 22.4 Å². The molecule has 0 aromatic carbocycles. The molecule has 0 spiro atoms. The quantitative estimate of drug-likeness (QED) is 0.796. The highest BCUT2D eigenvalue weighted by atomic mass is 32.1. The van der Waals surface area contributed by atoms with Gasteiger partial charge in [0.15, 0.2) is 0 Å². The molecular formula is C21H29FN4O3S. The van der Waals surface area contributed by atoms with Crippen molar-refractivity contribution < 1.29 is 13.9 Å². The molecule has 2 aromatic heterocycles. The Morgan fingerprint density at radius 3 is 2.90 bits per heavy atom. The van der Waals surface area contributed by atoms with Crippen LogP contribution in [0.2, 0.25) is 0 Å². The predicted octanol–water partition coefficient (Wildman–Crippen LogP) is 3.25. The van der Waals surface area contributed by atoms with Crippen molar-refractivity contribution in [3.63, 3.8) is 0 Å². The highest BCUT2D eigenvalue weighted by Gasteiger charge is 2.35. The third kappa shape index (κ3) is 4.37. The van der Waals surface area contributed by atoms with E-state index in [1.54, 1.807) is 18.4 Å². The maximum atomic E-state index is 14.2. The Bertz CT molecular complexity index is 1010. The van der Waals surface area contributed by atoms with Gasteiger partial charge in [0, 0.05) is 31.1 Å². The van der Waals surface area contributed by atoms with Gasteiger partial charge in [0.25, 0.3) is 5.56 Å². The summed E-state index contributed by atoms with van der Waals surface area (Å²) in [4.78, 5) is 38.0. The first kappa shape index (κ1) is 21.2. The first-order valence-corrected chi connectivity index (χ1v) is 11.3. The molecule has 1 N–H and O–H groups in total. The standard InChI is InChI=1S/C21H29FN4O3S/c1-21(2,3)29-20(28)25(4)10-13-8-12(22)9-26(13)11-16-23-18(27)17-14-6-5-7-15(14)30-19(17)24-16/h12-13H,5-11H2,1-4H3,(H,23,24,27)/t12-,13-/m0/s1. The van der Waals surface area contributed by atoms with Gasteiger partial charge in [-0.15, -0.1) is 11.3 Å². The number of nitrogens with zero attached hydrogens (tertiary/aromatic N) is 3. The molecule has 30 heavy (non-hydrogen) atoms. The van der Waals surface area contributed by atoms with Crippen LogP contribution in [0.4, 0.5) is 9.18 Å². The van der Waals surface area contributed by atoms with Gasteiger partial charge in [0.05, 0.1) is 11.9 Å². The summed E-state index contributed by atoms with van der Waals surface area (Å²) < 4.78 is 19.6. The molecule has 1 aliphatic heterocycles. The zero-order valence-electron chi connectivity index (χ0n) is 18.0. The minimum absolute atomic E-state index is 0.104. The number of H-pyrrole nitrogens is 1. The van der Waals surface area contributed by atoms with Gasteiger partial charge in [-0.1, -0.05) is 0 Å². The van der Waals surface area contributed by atoms with Gasteiger partial charge in [-0.25, -0.2) is 14.2 Å². The van der Waals surface area contributed by atoms with Crippen LogP contribution in [0, 0.1) is 0 Å². The number of alkyl halides is 1. The number of hydrogen-bond donors (Lipinski definition) is 1.